The summed E-state index contributed by atoms with van der Waals surface area (Å²) in [6, 6.07) is 0. The fourth-order valence-corrected chi connectivity index (χ4v) is 7.18. The van der Waals surface area contributed by atoms with Crippen molar-refractivity contribution in [2.24, 2.45) is 0 Å². The summed E-state index contributed by atoms with van der Waals surface area (Å²) in [4.78, 5) is 0. The van der Waals surface area contributed by atoms with Crippen LogP contribution in [0.4, 0.5) is 0 Å². The molecule has 0 spiro atoms. The Labute approximate surface area is 190 Å². The van der Waals surface area contributed by atoms with Crippen LogP contribution in [-0.4, -0.2) is 83.5 Å². The molecule has 2 unspecified atom stereocenters. The molecule has 1 heterocycles. The van der Waals surface area contributed by atoms with E-state index in [1.807, 2.05) is 0 Å². The van der Waals surface area contributed by atoms with E-state index >= 15 is 0 Å². The van der Waals surface area contributed by atoms with Gasteiger partial charge < -0.3 is 9.26 Å². The van der Waals surface area contributed by atoms with Crippen LogP contribution in [0.2, 0.25) is 0 Å². The number of halogens is 4. The Balaban J connectivity index is 2.87. The van der Waals surface area contributed by atoms with Crippen molar-refractivity contribution in [2.75, 3.05) is 56.3 Å². The van der Waals surface area contributed by atoms with Crippen molar-refractivity contribution in [1.29, 1.82) is 0 Å². The molecule has 11 heteroatoms. The average molecular weight is 501 g/mol. The summed E-state index contributed by atoms with van der Waals surface area (Å²) in [6.07, 6.45) is 1.50. The lowest BCUT2D eigenvalue weighted by Crippen LogP contribution is -2.55. The highest BCUT2D eigenvalue weighted by Crippen LogP contribution is 2.54. The first-order valence-corrected chi connectivity index (χ1v) is 13.3. The minimum Gasteiger partial charge on any atom is -0.360 e. The van der Waals surface area contributed by atoms with Gasteiger partial charge in [0, 0.05) is 61.7 Å². The van der Waals surface area contributed by atoms with Gasteiger partial charge in [-0.3, -0.25) is 9.88 Å². The second-order valence-electron chi connectivity index (χ2n) is 7.44. The van der Waals surface area contributed by atoms with Gasteiger partial charge in [0.05, 0.1) is 12.7 Å². The van der Waals surface area contributed by atoms with Crippen LogP contribution in [-0.2, 0) is 13.8 Å². The van der Waals surface area contributed by atoms with Crippen LogP contribution in [0, 0.1) is 0 Å². The number of rotatable bonds is 14. The van der Waals surface area contributed by atoms with Gasteiger partial charge in [-0.2, -0.15) is 0 Å². The highest BCUT2D eigenvalue weighted by molar-refractivity contribution is 7.54. The Morgan fingerprint density at radius 1 is 1.04 bits per heavy atom. The molecule has 0 aromatic rings. The minimum atomic E-state index is -3.38. The lowest BCUT2D eigenvalue weighted by molar-refractivity contribution is -0.0937. The van der Waals surface area contributed by atoms with Crippen molar-refractivity contribution in [3.8, 4) is 0 Å². The van der Waals surface area contributed by atoms with Gasteiger partial charge in [0.15, 0.2) is 0 Å². The van der Waals surface area contributed by atoms with Crippen LogP contribution in [0.1, 0.15) is 33.6 Å². The zero-order chi connectivity index (χ0) is 21.2. The Morgan fingerprint density at radius 2 is 1.50 bits per heavy atom. The number of nitrogens with zero attached hydrogens (tertiary/aromatic N) is 2. The number of ether oxygens (including phenoxy) is 1. The van der Waals surface area contributed by atoms with Crippen molar-refractivity contribution in [3.63, 3.8) is 0 Å². The van der Waals surface area contributed by atoms with E-state index in [-0.39, 0.29) is 24.5 Å². The molecular weight excluding hydrogens is 467 g/mol. The quantitative estimate of drug-likeness (QED) is 0.278. The van der Waals surface area contributed by atoms with Gasteiger partial charge in [-0.15, -0.1) is 46.4 Å². The molecule has 1 N–H and O–H groups in total. The Bertz CT molecular complexity index is 459. The molecule has 1 aliphatic rings. The smallest absolute Gasteiger partial charge is 0.346 e. The van der Waals surface area contributed by atoms with E-state index in [2.05, 4.69) is 26.1 Å². The molecule has 0 saturated carbocycles. The van der Waals surface area contributed by atoms with Crippen molar-refractivity contribution < 1.29 is 13.8 Å². The zero-order valence-electron chi connectivity index (χ0n) is 17.0. The molecule has 2 atom stereocenters. The lowest BCUT2D eigenvalue weighted by Gasteiger charge is -2.41. The van der Waals surface area contributed by atoms with Gasteiger partial charge in [-0.25, -0.2) is 9.34 Å². The second kappa shape index (κ2) is 13.6. The Morgan fingerprint density at radius 3 is 1.89 bits per heavy atom. The largest absolute Gasteiger partial charge is 0.360 e. The molecule has 0 aromatic heterocycles. The summed E-state index contributed by atoms with van der Waals surface area (Å²) in [5, 5.41) is 3.46. The normalized spacial score (nSPS) is 22.9. The van der Waals surface area contributed by atoms with E-state index in [0.29, 0.717) is 56.1 Å². The number of hydrogen-bond donors (Lipinski definition) is 1. The van der Waals surface area contributed by atoms with E-state index in [1.54, 1.807) is 9.34 Å². The molecule has 0 aliphatic carbocycles. The molecule has 1 rings (SSSR count). The second-order valence-corrected chi connectivity index (χ2v) is 11.3. The van der Waals surface area contributed by atoms with Gasteiger partial charge in [-0.1, -0.05) is 0 Å². The van der Waals surface area contributed by atoms with E-state index in [0.717, 1.165) is 6.42 Å². The van der Waals surface area contributed by atoms with E-state index in [4.69, 9.17) is 55.7 Å². The topological polar surface area (TPSA) is 54.0 Å². The molecule has 0 bridgehead atoms. The van der Waals surface area contributed by atoms with Crippen LogP contribution in [0.3, 0.4) is 0 Å². The number of alkyl halides is 4. The Hall–Kier alpha value is 1.19. The predicted molar refractivity (Wildman–Crippen MR) is 120 cm³/mol. The maximum atomic E-state index is 13.9. The highest BCUT2D eigenvalue weighted by atomic mass is 35.5. The molecular formula is C17H34Cl4N3O3P. The number of hydrogen-bond acceptors (Lipinski definition) is 4. The molecule has 1 fully saturated rings. The zero-order valence-corrected chi connectivity index (χ0v) is 20.9. The van der Waals surface area contributed by atoms with Crippen molar-refractivity contribution in [3.05, 3.63) is 0 Å². The van der Waals surface area contributed by atoms with Gasteiger partial charge in [0.1, 0.15) is 6.23 Å². The van der Waals surface area contributed by atoms with Crippen LogP contribution >= 0.6 is 54.1 Å². The molecule has 0 amide bonds. The van der Waals surface area contributed by atoms with Gasteiger partial charge in [0.25, 0.3) is 0 Å². The van der Waals surface area contributed by atoms with Crippen LogP contribution in [0.15, 0.2) is 0 Å². The summed E-state index contributed by atoms with van der Waals surface area (Å²) in [7, 11) is -3.38. The van der Waals surface area contributed by atoms with Gasteiger partial charge in [0.2, 0.25) is 0 Å². The Kier molecular flexibility index (Phi) is 13.2. The van der Waals surface area contributed by atoms with Crippen LogP contribution < -0.4 is 5.32 Å². The lowest BCUT2D eigenvalue weighted by atomic mass is 9.95. The van der Waals surface area contributed by atoms with E-state index < -0.39 is 7.67 Å². The summed E-state index contributed by atoms with van der Waals surface area (Å²) in [5.41, 5.74) is -0.0153. The monoisotopic (exact) mass is 499 g/mol. The SMILES string of the molecule is CC1CC(C)(C)NC(CCOP(=O)(N(CCCl)CCCl)N(CCCl)CCCl)O1. The first kappa shape index (κ1) is 27.2. The van der Waals surface area contributed by atoms with Crippen LogP contribution in [0.5, 0.6) is 0 Å². The molecule has 6 nitrogen and oxygen atoms in total. The molecule has 1 aliphatic heterocycles. The first-order chi connectivity index (χ1) is 13.2. The third-order valence-electron chi connectivity index (χ3n) is 4.47. The highest BCUT2D eigenvalue weighted by Gasteiger charge is 2.38. The average Bonchev–Trinajstić information content (AvgIpc) is 2.59. The first-order valence-electron chi connectivity index (χ1n) is 9.65. The predicted octanol–water partition coefficient (Wildman–Crippen LogP) is 4.56. The fraction of sp³-hybridized carbons (Fsp3) is 1.00. The molecule has 0 radical (unpaired) electrons. The standard InChI is InChI=1S/C17H34Cl4N3O3P/c1-15-14-17(2,3)22-16(27-15)4-13-26-28(25,23(9-5-18)10-6-19)24(11-7-20)12-8-21/h15-16,22H,4-14H2,1-3H3. The summed E-state index contributed by atoms with van der Waals surface area (Å²) < 4.78 is 29.4. The summed E-state index contributed by atoms with van der Waals surface area (Å²) >= 11 is 23.8. The van der Waals surface area contributed by atoms with E-state index in [1.165, 1.54) is 0 Å². The molecule has 1 saturated heterocycles. The molecule has 28 heavy (non-hydrogen) atoms. The summed E-state index contributed by atoms with van der Waals surface area (Å²) in [6.45, 7) is 8.21. The van der Waals surface area contributed by atoms with E-state index in [9.17, 15) is 4.57 Å². The van der Waals surface area contributed by atoms with Crippen molar-refractivity contribution in [2.45, 2.75) is 51.5 Å². The molecule has 168 valence electrons. The van der Waals surface area contributed by atoms with Gasteiger partial charge >= 0.3 is 7.67 Å². The third-order valence-corrected chi connectivity index (χ3v) is 7.90. The van der Waals surface area contributed by atoms with Crippen molar-refractivity contribution in [1.82, 2.24) is 14.7 Å². The maximum Gasteiger partial charge on any atom is 0.346 e. The summed E-state index contributed by atoms with van der Waals surface area (Å²) in [5.74, 6) is 1.27. The van der Waals surface area contributed by atoms with Gasteiger partial charge in [-0.05, 0) is 27.2 Å². The third kappa shape index (κ3) is 8.74. The maximum absolute atomic E-state index is 13.9. The minimum absolute atomic E-state index is 0.0153. The molecule has 0 aromatic carbocycles. The fourth-order valence-electron chi connectivity index (χ4n) is 3.46. The van der Waals surface area contributed by atoms with Crippen molar-refractivity contribution >= 4 is 54.1 Å². The van der Waals surface area contributed by atoms with Crippen LogP contribution in [0.25, 0.3) is 0 Å². The number of nitrogens with one attached hydrogen (secondary N) is 1.